The molecule has 0 radical (unpaired) electrons. The van der Waals surface area contributed by atoms with E-state index in [1.54, 1.807) is 0 Å². The van der Waals surface area contributed by atoms with Gasteiger partial charge in [0.2, 0.25) is 0 Å². The summed E-state index contributed by atoms with van der Waals surface area (Å²) in [5.74, 6) is 3.36. The van der Waals surface area contributed by atoms with E-state index in [9.17, 15) is 0 Å². The molecule has 1 heterocycles. The fourth-order valence-corrected chi connectivity index (χ4v) is 1.36. The maximum atomic E-state index is 5.33. The molecule has 0 bridgehead atoms. The Hall–Kier alpha value is -2.34. The van der Waals surface area contributed by atoms with Gasteiger partial charge in [0.1, 0.15) is 12.1 Å². The van der Waals surface area contributed by atoms with E-state index < -0.39 is 0 Å². The van der Waals surface area contributed by atoms with E-state index in [1.807, 2.05) is 37.3 Å². The highest BCUT2D eigenvalue weighted by molar-refractivity contribution is 5.58. The number of nitrogens with one attached hydrogen (secondary N) is 1. The highest BCUT2D eigenvalue weighted by Gasteiger charge is 1.97. The van der Waals surface area contributed by atoms with Gasteiger partial charge in [-0.25, -0.2) is 9.97 Å². The molecule has 0 spiro atoms. The van der Waals surface area contributed by atoms with Crippen LogP contribution in [-0.2, 0) is 0 Å². The minimum absolute atomic E-state index is 0.765. The summed E-state index contributed by atoms with van der Waals surface area (Å²) in [7, 11) is 0. The maximum absolute atomic E-state index is 5.33. The van der Waals surface area contributed by atoms with Gasteiger partial charge in [-0.2, -0.15) is 0 Å². The third kappa shape index (κ3) is 2.37. The van der Waals surface area contributed by atoms with Gasteiger partial charge < -0.3 is 5.32 Å². The number of benzene rings is 1. The quantitative estimate of drug-likeness (QED) is 0.772. The fraction of sp³-hybridized carbons (Fsp3) is 0.0769. The number of anilines is 2. The number of hydrogen-bond donors (Lipinski definition) is 1. The van der Waals surface area contributed by atoms with Crippen LogP contribution in [-0.4, -0.2) is 9.97 Å². The average Bonchev–Trinajstić information content (AvgIpc) is 2.29. The minimum atomic E-state index is 0.765. The predicted octanol–water partition coefficient (Wildman–Crippen LogP) is 2.51. The van der Waals surface area contributed by atoms with Gasteiger partial charge in [0.05, 0.1) is 0 Å². The number of aromatic nitrogens is 2. The van der Waals surface area contributed by atoms with Gasteiger partial charge in [-0.05, 0) is 25.1 Å². The highest BCUT2D eigenvalue weighted by Crippen LogP contribution is 2.15. The lowest BCUT2D eigenvalue weighted by molar-refractivity contribution is 1.10. The van der Waals surface area contributed by atoms with Crippen molar-refractivity contribution >= 4 is 11.5 Å². The van der Waals surface area contributed by atoms with Crippen LogP contribution in [0, 0.1) is 19.3 Å². The number of rotatable bonds is 2. The number of aryl methyl sites for hydroxylation is 1. The summed E-state index contributed by atoms with van der Waals surface area (Å²) in [5, 5.41) is 3.17. The molecule has 0 atom stereocenters. The Morgan fingerprint density at radius 2 is 2.12 bits per heavy atom. The van der Waals surface area contributed by atoms with Crippen LogP contribution in [0.5, 0.6) is 0 Å². The van der Waals surface area contributed by atoms with Crippen molar-refractivity contribution in [1.29, 1.82) is 0 Å². The molecule has 78 valence electrons. The molecule has 2 rings (SSSR count). The van der Waals surface area contributed by atoms with Crippen molar-refractivity contribution in [3.05, 3.63) is 47.9 Å². The molecule has 0 aliphatic carbocycles. The van der Waals surface area contributed by atoms with Crippen molar-refractivity contribution < 1.29 is 0 Å². The van der Waals surface area contributed by atoms with Crippen LogP contribution in [0.3, 0.4) is 0 Å². The van der Waals surface area contributed by atoms with Crippen LogP contribution in [0.4, 0.5) is 11.5 Å². The lowest BCUT2D eigenvalue weighted by atomic mass is 10.2. The molecular formula is C13H11N3. The van der Waals surface area contributed by atoms with Gasteiger partial charge in [-0.1, -0.05) is 12.0 Å². The van der Waals surface area contributed by atoms with E-state index in [1.165, 1.54) is 6.33 Å². The summed E-state index contributed by atoms with van der Waals surface area (Å²) in [5.41, 5.74) is 2.69. The summed E-state index contributed by atoms with van der Waals surface area (Å²) >= 11 is 0. The Morgan fingerprint density at radius 1 is 1.25 bits per heavy atom. The minimum Gasteiger partial charge on any atom is -0.340 e. The van der Waals surface area contributed by atoms with E-state index in [4.69, 9.17) is 6.42 Å². The third-order valence-electron chi connectivity index (χ3n) is 2.11. The molecule has 2 aromatic rings. The molecule has 1 N–H and O–H groups in total. The lowest BCUT2D eigenvalue weighted by Crippen LogP contribution is -1.95. The average molecular weight is 209 g/mol. The molecule has 1 aromatic heterocycles. The molecule has 0 aliphatic heterocycles. The van der Waals surface area contributed by atoms with E-state index in [-0.39, 0.29) is 0 Å². The van der Waals surface area contributed by atoms with Gasteiger partial charge in [0.15, 0.2) is 0 Å². The Labute approximate surface area is 94.6 Å². The largest absolute Gasteiger partial charge is 0.340 e. The molecule has 0 unspecified atom stereocenters. The lowest BCUT2D eigenvalue weighted by Gasteiger charge is -2.05. The number of nitrogens with zero attached hydrogens (tertiary/aromatic N) is 2. The first-order valence-electron chi connectivity index (χ1n) is 4.90. The van der Waals surface area contributed by atoms with E-state index >= 15 is 0 Å². The van der Waals surface area contributed by atoms with Crippen molar-refractivity contribution in [2.24, 2.45) is 0 Å². The molecule has 1 aromatic carbocycles. The standard InChI is InChI=1S/C13H11N3/c1-3-11-5-4-6-12(8-11)16-13-7-10(2)14-9-15-13/h1,4-9H,2H3,(H,14,15,16). The summed E-state index contributed by atoms with van der Waals surface area (Å²) in [6.45, 7) is 1.92. The zero-order valence-electron chi connectivity index (χ0n) is 8.94. The monoisotopic (exact) mass is 209 g/mol. The molecule has 0 saturated carbocycles. The molecule has 0 amide bonds. The molecule has 3 heteroatoms. The molecule has 0 aliphatic rings. The molecule has 0 fully saturated rings. The predicted molar refractivity (Wildman–Crippen MR) is 64.4 cm³/mol. The third-order valence-corrected chi connectivity index (χ3v) is 2.11. The van der Waals surface area contributed by atoms with Crippen LogP contribution in [0.1, 0.15) is 11.3 Å². The Balaban J connectivity index is 2.24. The van der Waals surface area contributed by atoms with Gasteiger partial charge in [0.25, 0.3) is 0 Å². The van der Waals surface area contributed by atoms with Crippen molar-refractivity contribution in [2.75, 3.05) is 5.32 Å². The van der Waals surface area contributed by atoms with Crippen LogP contribution >= 0.6 is 0 Å². The normalized spacial score (nSPS) is 9.50. The zero-order chi connectivity index (χ0) is 11.4. The van der Waals surface area contributed by atoms with Gasteiger partial charge in [-0.15, -0.1) is 6.42 Å². The van der Waals surface area contributed by atoms with Crippen LogP contribution < -0.4 is 5.32 Å². The second-order valence-electron chi connectivity index (χ2n) is 3.39. The summed E-state index contributed by atoms with van der Waals surface area (Å²) in [6.07, 6.45) is 6.86. The molecular weight excluding hydrogens is 198 g/mol. The van der Waals surface area contributed by atoms with E-state index in [0.29, 0.717) is 0 Å². The van der Waals surface area contributed by atoms with Crippen LogP contribution in [0.15, 0.2) is 36.7 Å². The van der Waals surface area contributed by atoms with Gasteiger partial charge in [-0.3, -0.25) is 0 Å². The summed E-state index contributed by atoms with van der Waals surface area (Å²) in [6, 6.07) is 9.51. The van der Waals surface area contributed by atoms with Gasteiger partial charge in [0, 0.05) is 23.0 Å². The second-order valence-corrected chi connectivity index (χ2v) is 3.39. The van der Waals surface area contributed by atoms with E-state index in [0.717, 1.165) is 22.8 Å². The summed E-state index contributed by atoms with van der Waals surface area (Å²) in [4.78, 5) is 8.15. The topological polar surface area (TPSA) is 37.8 Å². The number of terminal acetylenes is 1. The smallest absolute Gasteiger partial charge is 0.133 e. The van der Waals surface area contributed by atoms with Crippen molar-refractivity contribution in [3.8, 4) is 12.3 Å². The highest BCUT2D eigenvalue weighted by atomic mass is 15.0. The SMILES string of the molecule is C#Cc1cccc(Nc2cc(C)ncn2)c1. The first kappa shape index (κ1) is 10.2. The van der Waals surface area contributed by atoms with E-state index in [2.05, 4.69) is 21.2 Å². The Bertz CT molecular complexity index is 541. The number of hydrogen-bond acceptors (Lipinski definition) is 3. The van der Waals surface area contributed by atoms with Crippen molar-refractivity contribution in [3.63, 3.8) is 0 Å². The fourth-order valence-electron chi connectivity index (χ4n) is 1.36. The molecule has 3 nitrogen and oxygen atoms in total. The Kier molecular flexibility index (Phi) is 2.84. The zero-order valence-corrected chi connectivity index (χ0v) is 8.94. The first-order chi connectivity index (χ1) is 7.78. The maximum Gasteiger partial charge on any atom is 0.133 e. The van der Waals surface area contributed by atoms with Gasteiger partial charge >= 0.3 is 0 Å². The summed E-state index contributed by atoms with van der Waals surface area (Å²) < 4.78 is 0. The molecule has 16 heavy (non-hydrogen) atoms. The first-order valence-corrected chi connectivity index (χ1v) is 4.90. The molecule has 0 saturated heterocycles. The Morgan fingerprint density at radius 3 is 2.88 bits per heavy atom. The van der Waals surface area contributed by atoms with Crippen molar-refractivity contribution in [2.45, 2.75) is 6.92 Å². The van der Waals surface area contributed by atoms with Crippen LogP contribution in [0.2, 0.25) is 0 Å². The second kappa shape index (κ2) is 4.45. The van der Waals surface area contributed by atoms with Crippen molar-refractivity contribution in [1.82, 2.24) is 9.97 Å². The van der Waals surface area contributed by atoms with Crippen LogP contribution in [0.25, 0.3) is 0 Å².